The maximum Gasteiger partial charge on any atom is 0.211 e. The lowest BCUT2D eigenvalue weighted by Crippen LogP contribution is -2.48. The first-order valence-electron chi connectivity index (χ1n) is 6.87. The highest BCUT2D eigenvalue weighted by molar-refractivity contribution is 7.88. The minimum atomic E-state index is -3.05. The predicted molar refractivity (Wildman–Crippen MR) is 77.6 cm³/mol. The van der Waals surface area contributed by atoms with Gasteiger partial charge in [-0.1, -0.05) is 12.1 Å². The summed E-state index contributed by atoms with van der Waals surface area (Å²) in [6.45, 7) is 3.69. The fraction of sp³-hybridized carbons (Fsp3) is 0.571. The van der Waals surface area contributed by atoms with E-state index in [1.165, 1.54) is 22.7 Å². The van der Waals surface area contributed by atoms with Crippen molar-refractivity contribution in [3.05, 3.63) is 35.6 Å². The van der Waals surface area contributed by atoms with Gasteiger partial charge in [0.25, 0.3) is 0 Å². The number of nitrogens with zero attached hydrogens (tertiary/aromatic N) is 2. The Kier molecular flexibility index (Phi) is 5.12. The zero-order chi connectivity index (χ0) is 14.6. The summed E-state index contributed by atoms with van der Waals surface area (Å²) in [5.41, 5.74) is 1.14. The van der Waals surface area contributed by atoms with Crippen molar-refractivity contribution in [2.45, 2.75) is 12.8 Å². The van der Waals surface area contributed by atoms with Crippen LogP contribution in [0.5, 0.6) is 0 Å². The number of piperazine rings is 1. The van der Waals surface area contributed by atoms with Gasteiger partial charge in [0.15, 0.2) is 0 Å². The number of benzene rings is 1. The minimum Gasteiger partial charge on any atom is -0.301 e. The van der Waals surface area contributed by atoms with Crippen LogP contribution in [0.2, 0.25) is 0 Å². The summed E-state index contributed by atoms with van der Waals surface area (Å²) in [5.74, 6) is -0.203. The number of rotatable bonds is 5. The zero-order valence-corrected chi connectivity index (χ0v) is 12.6. The van der Waals surface area contributed by atoms with Crippen molar-refractivity contribution in [2.24, 2.45) is 0 Å². The van der Waals surface area contributed by atoms with Crippen LogP contribution in [-0.4, -0.2) is 56.6 Å². The van der Waals surface area contributed by atoms with Crippen molar-refractivity contribution in [3.63, 3.8) is 0 Å². The van der Waals surface area contributed by atoms with Crippen LogP contribution in [0.4, 0.5) is 4.39 Å². The topological polar surface area (TPSA) is 40.6 Å². The molecule has 0 aliphatic carbocycles. The van der Waals surface area contributed by atoms with Gasteiger partial charge in [0.05, 0.1) is 6.26 Å². The molecule has 0 bridgehead atoms. The van der Waals surface area contributed by atoms with E-state index in [2.05, 4.69) is 4.90 Å². The summed E-state index contributed by atoms with van der Waals surface area (Å²) >= 11 is 0. The monoisotopic (exact) mass is 300 g/mol. The second-order valence-electron chi connectivity index (χ2n) is 5.23. The third-order valence-corrected chi connectivity index (χ3v) is 4.96. The normalized spacial score (nSPS) is 18.3. The Bertz CT molecular complexity index is 523. The van der Waals surface area contributed by atoms with Gasteiger partial charge in [0.2, 0.25) is 10.0 Å². The van der Waals surface area contributed by atoms with Gasteiger partial charge in [0, 0.05) is 26.2 Å². The fourth-order valence-corrected chi connectivity index (χ4v) is 3.27. The van der Waals surface area contributed by atoms with E-state index in [0.29, 0.717) is 13.1 Å². The molecular formula is C14H21FN2O2S. The Labute approximate surface area is 120 Å². The standard InChI is InChI=1S/C14H21FN2O2S/c1-20(18,19)17-11-9-16(10-12-17)8-2-3-13-4-6-14(15)7-5-13/h4-7H,2-3,8-12H2,1H3. The van der Waals surface area contributed by atoms with E-state index in [9.17, 15) is 12.8 Å². The lowest BCUT2D eigenvalue weighted by molar-refractivity contribution is 0.187. The third-order valence-electron chi connectivity index (χ3n) is 3.65. The summed E-state index contributed by atoms with van der Waals surface area (Å²) in [6.07, 6.45) is 3.19. The van der Waals surface area contributed by atoms with Crippen LogP contribution in [-0.2, 0) is 16.4 Å². The molecule has 0 saturated carbocycles. The van der Waals surface area contributed by atoms with Gasteiger partial charge in [-0.2, -0.15) is 4.31 Å². The molecule has 4 nitrogen and oxygen atoms in total. The van der Waals surface area contributed by atoms with Crippen molar-refractivity contribution in [1.29, 1.82) is 0 Å². The molecule has 1 aliphatic heterocycles. The van der Waals surface area contributed by atoms with E-state index in [0.717, 1.165) is 38.0 Å². The van der Waals surface area contributed by atoms with Crippen LogP contribution in [0.25, 0.3) is 0 Å². The van der Waals surface area contributed by atoms with Crippen LogP contribution in [0.1, 0.15) is 12.0 Å². The SMILES string of the molecule is CS(=O)(=O)N1CCN(CCCc2ccc(F)cc2)CC1. The first-order chi connectivity index (χ1) is 9.45. The molecule has 2 rings (SSSR count). The zero-order valence-electron chi connectivity index (χ0n) is 11.8. The van der Waals surface area contributed by atoms with Crippen molar-refractivity contribution in [3.8, 4) is 0 Å². The maximum absolute atomic E-state index is 12.8. The number of hydrogen-bond donors (Lipinski definition) is 0. The smallest absolute Gasteiger partial charge is 0.211 e. The molecule has 1 aromatic rings. The number of sulfonamides is 1. The Morgan fingerprint density at radius 3 is 2.25 bits per heavy atom. The van der Waals surface area contributed by atoms with Crippen molar-refractivity contribution in [1.82, 2.24) is 9.21 Å². The van der Waals surface area contributed by atoms with E-state index >= 15 is 0 Å². The molecule has 112 valence electrons. The second-order valence-corrected chi connectivity index (χ2v) is 7.22. The largest absolute Gasteiger partial charge is 0.301 e. The average Bonchev–Trinajstić information content (AvgIpc) is 2.41. The van der Waals surface area contributed by atoms with Gasteiger partial charge in [-0.25, -0.2) is 12.8 Å². The molecule has 1 fully saturated rings. The van der Waals surface area contributed by atoms with E-state index in [1.807, 2.05) is 12.1 Å². The molecule has 1 saturated heterocycles. The number of halogens is 1. The van der Waals surface area contributed by atoms with Crippen molar-refractivity contribution < 1.29 is 12.8 Å². The lowest BCUT2D eigenvalue weighted by Gasteiger charge is -2.33. The van der Waals surface area contributed by atoms with Crippen LogP contribution in [0.3, 0.4) is 0 Å². The summed E-state index contributed by atoms with van der Waals surface area (Å²) in [7, 11) is -3.05. The first kappa shape index (κ1) is 15.4. The molecule has 1 heterocycles. The van der Waals surface area contributed by atoms with Crippen LogP contribution < -0.4 is 0 Å². The van der Waals surface area contributed by atoms with Gasteiger partial charge >= 0.3 is 0 Å². The van der Waals surface area contributed by atoms with Gasteiger partial charge in [0.1, 0.15) is 5.82 Å². The molecule has 20 heavy (non-hydrogen) atoms. The first-order valence-corrected chi connectivity index (χ1v) is 8.72. The highest BCUT2D eigenvalue weighted by atomic mass is 32.2. The minimum absolute atomic E-state index is 0.203. The predicted octanol–water partition coefficient (Wildman–Crippen LogP) is 1.34. The quantitative estimate of drug-likeness (QED) is 0.824. The summed E-state index contributed by atoms with van der Waals surface area (Å²) in [6, 6.07) is 6.61. The average molecular weight is 300 g/mol. The molecule has 0 amide bonds. The Balaban J connectivity index is 1.70. The van der Waals surface area contributed by atoms with Gasteiger partial charge < -0.3 is 4.90 Å². The summed E-state index contributed by atoms with van der Waals surface area (Å²) in [4.78, 5) is 2.28. The van der Waals surface area contributed by atoms with E-state index in [1.54, 1.807) is 0 Å². The molecule has 0 N–H and O–H groups in total. The highest BCUT2D eigenvalue weighted by Gasteiger charge is 2.22. The molecule has 0 radical (unpaired) electrons. The highest BCUT2D eigenvalue weighted by Crippen LogP contribution is 2.09. The Morgan fingerprint density at radius 1 is 1.10 bits per heavy atom. The van der Waals surface area contributed by atoms with Crippen molar-refractivity contribution in [2.75, 3.05) is 39.0 Å². The Morgan fingerprint density at radius 2 is 1.70 bits per heavy atom. The van der Waals surface area contributed by atoms with Crippen LogP contribution in [0.15, 0.2) is 24.3 Å². The third kappa shape index (κ3) is 4.54. The Hall–Kier alpha value is -0.980. The molecule has 0 aromatic heterocycles. The fourth-order valence-electron chi connectivity index (χ4n) is 2.44. The van der Waals surface area contributed by atoms with E-state index in [-0.39, 0.29) is 5.82 Å². The number of hydrogen-bond acceptors (Lipinski definition) is 3. The number of aryl methyl sites for hydroxylation is 1. The summed E-state index contributed by atoms with van der Waals surface area (Å²) in [5, 5.41) is 0. The van der Waals surface area contributed by atoms with E-state index < -0.39 is 10.0 Å². The van der Waals surface area contributed by atoms with Crippen LogP contribution in [0, 0.1) is 5.82 Å². The second kappa shape index (κ2) is 6.65. The van der Waals surface area contributed by atoms with Crippen LogP contribution >= 0.6 is 0 Å². The van der Waals surface area contributed by atoms with Gasteiger partial charge in [-0.05, 0) is 37.1 Å². The lowest BCUT2D eigenvalue weighted by atomic mass is 10.1. The van der Waals surface area contributed by atoms with E-state index in [4.69, 9.17) is 0 Å². The molecule has 0 atom stereocenters. The molecule has 1 aromatic carbocycles. The maximum atomic E-state index is 12.8. The molecule has 6 heteroatoms. The molecule has 0 spiro atoms. The van der Waals surface area contributed by atoms with Gasteiger partial charge in [-0.15, -0.1) is 0 Å². The van der Waals surface area contributed by atoms with Gasteiger partial charge in [-0.3, -0.25) is 0 Å². The van der Waals surface area contributed by atoms with Crippen molar-refractivity contribution >= 4 is 10.0 Å². The summed E-state index contributed by atoms with van der Waals surface area (Å²) < 4.78 is 37.1. The molecule has 0 unspecified atom stereocenters. The molecule has 1 aliphatic rings. The molecular weight excluding hydrogens is 279 g/mol.